The van der Waals surface area contributed by atoms with Crippen LogP contribution in [0.5, 0.6) is 11.5 Å². The summed E-state index contributed by atoms with van der Waals surface area (Å²) < 4.78 is 29.4. The van der Waals surface area contributed by atoms with E-state index in [9.17, 15) is 14.3 Å². The molecule has 2 rings (SSSR count). The smallest absolute Gasteiger partial charge is 0.343 e. The Hall–Kier alpha value is -2.57. The second-order valence-corrected chi connectivity index (χ2v) is 5.38. The number of carbonyl (C=O) groups excluding carboxylic acids is 1. The number of hydrogen-bond donors (Lipinski definition) is 1. The summed E-state index contributed by atoms with van der Waals surface area (Å²) in [7, 11) is 1.30. The number of halogens is 1. The molecule has 0 aliphatic heterocycles. The number of aliphatic hydroxyl groups excluding tert-OH is 1. The molecule has 6 nitrogen and oxygen atoms in total. The maximum absolute atomic E-state index is 13.9. The van der Waals surface area contributed by atoms with Crippen LogP contribution in [0, 0.1) is 5.82 Å². The molecule has 0 bridgehead atoms. The van der Waals surface area contributed by atoms with Crippen LogP contribution in [0.2, 0.25) is 0 Å². The molecule has 0 radical (unpaired) electrons. The molecule has 0 spiro atoms. The number of benzene rings is 1. The van der Waals surface area contributed by atoms with Gasteiger partial charge in [-0.25, -0.2) is 9.18 Å². The topological polar surface area (TPSA) is 77.4 Å². The number of nitrogens with zero attached hydrogens (tertiary/aromatic N) is 1. The molecule has 136 valence electrons. The molecule has 1 fully saturated rings. The predicted octanol–water partition coefficient (Wildman–Crippen LogP) is 3.30. The van der Waals surface area contributed by atoms with Crippen LogP contribution < -0.4 is 9.47 Å². The maximum Gasteiger partial charge on any atom is 0.343 e. The molecule has 25 heavy (non-hydrogen) atoms. The third kappa shape index (κ3) is 4.49. The molecule has 1 aromatic rings. The second kappa shape index (κ2) is 8.50. The highest BCUT2D eigenvalue weighted by Gasteiger charge is 2.25. The van der Waals surface area contributed by atoms with Gasteiger partial charge in [0.2, 0.25) is 0 Å². The number of methoxy groups -OCH3 is 1. The normalized spacial score (nSPS) is 15.0. The Balaban J connectivity index is 2.56. The molecule has 0 heterocycles. The Morgan fingerprint density at radius 1 is 1.32 bits per heavy atom. The van der Waals surface area contributed by atoms with Crippen LogP contribution in [-0.2, 0) is 9.53 Å². The highest BCUT2D eigenvalue weighted by molar-refractivity contribution is 6.15. The van der Waals surface area contributed by atoms with Crippen LogP contribution in [-0.4, -0.2) is 43.7 Å². The largest absolute Gasteiger partial charge is 0.506 e. The molecule has 0 saturated heterocycles. The quantitative estimate of drug-likeness (QED) is 0.336. The number of carbonyl (C=O) groups is 1. The molecule has 1 saturated carbocycles. The summed E-state index contributed by atoms with van der Waals surface area (Å²) in [6.45, 7) is 3.76. The molecule has 1 aromatic carbocycles. The Bertz CT molecular complexity index is 695. The molecule has 0 atom stereocenters. The lowest BCUT2D eigenvalue weighted by Gasteiger charge is -2.15. The first-order chi connectivity index (χ1) is 12.0. The molecule has 1 aliphatic rings. The standard InChI is InChI=1S/C18H22FNO5/c1-4-24-16-12(8-9-14(19)17(16)23-3)15(21)13(18(22)25-5-2)10-20-11-6-7-11/h8-11,21H,4-7H2,1-3H3. The number of esters is 1. The SMILES string of the molecule is CCOC(=O)C(C=NC1CC1)=C(O)c1ccc(F)c(OC)c1OCC. The minimum Gasteiger partial charge on any atom is -0.506 e. The van der Waals surface area contributed by atoms with Crippen molar-refractivity contribution >= 4 is 17.9 Å². The minimum atomic E-state index is -0.713. The van der Waals surface area contributed by atoms with Gasteiger partial charge in [-0.15, -0.1) is 0 Å². The number of hydrogen-bond acceptors (Lipinski definition) is 6. The summed E-state index contributed by atoms with van der Waals surface area (Å²) in [5, 5.41) is 10.7. The van der Waals surface area contributed by atoms with Gasteiger partial charge >= 0.3 is 5.97 Å². The number of aliphatic imine (C=N–C) groups is 1. The van der Waals surface area contributed by atoms with Gasteiger partial charge in [0.25, 0.3) is 0 Å². The molecule has 1 aliphatic carbocycles. The van der Waals surface area contributed by atoms with Crippen LogP contribution in [0.15, 0.2) is 22.7 Å². The zero-order valence-electron chi connectivity index (χ0n) is 14.5. The molecular weight excluding hydrogens is 329 g/mol. The molecule has 7 heteroatoms. The summed E-state index contributed by atoms with van der Waals surface area (Å²) in [6, 6.07) is 2.61. The highest BCUT2D eigenvalue weighted by Crippen LogP contribution is 2.38. The van der Waals surface area contributed by atoms with Gasteiger partial charge < -0.3 is 19.3 Å². The van der Waals surface area contributed by atoms with E-state index in [1.165, 1.54) is 19.4 Å². The first-order valence-electron chi connectivity index (χ1n) is 8.16. The minimum absolute atomic E-state index is 0.0177. The summed E-state index contributed by atoms with van der Waals surface area (Å²) in [5.74, 6) is -1.87. The van der Waals surface area contributed by atoms with Crippen LogP contribution >= 0.6 is 0 Å². The lowest BCUT2D eigenvalue weighted by molar-refractivity contribution is -0.137. The Morgan fingerprint density at radius 2 is 2.04 bits per heavy atom. The van der Waals surface area contributed by atoms with Gasteiger partial charge in [-0.2, -0.15) is 0 Å². The van der Waals surface area contributed by atoms with Crippen molar-refractivity contribution in [3.05, 3.63) is 29.1 Å². The van der Waals surface area contributed by atoms with E-state index >= 15 is 0 Å². The predicted molar refractivity (Wildman–Crippen MR) is 91.8 cm³/mol. The highest BCUT2D eigenvalue weighted by atomic mass is 19.1. The van der Waals surface area contributed by atoms with Crippen LogP contribution in [0.4, 0.5) is 4.39 Å². The fraction of sp³-hybridized carbons (Fsp3) is 0.444. The number of aliphatic hydroxyl groups is 1. The molecule has 1 N–H and O–H groups in total. The monoisotopic (exact) mass is 351 g/mol. The van der Waals surface area contributed by atoms with Crippen molar-refractivity contribution in [1.29, 1.82) is 0 Å². The van der Waals surface area contributed by atoms with Crippen LogP contribution in [0.3, 0.4) is 0 Å². The van der Waals surface area contributed by atoms with E-state index in [4.69, 9.17) is 14.2 Å². The van der Waals surface area contributed by atoms with Gasteiger partial charge in [0.1, 0.15) is 11.3 Å². The van der Waals surface area contributed by atoms with E-state index in [0.717, 1.165) is 18.9 Å². The van der Waals surface area contributed by atoms with Crippen LogP contribution in [0.1, 0.15) is 32.3 Å². The number of rotatable bonds is 8. The maximum atomic E-state index is 13.9. The van der Waals surface area contributed by atoms with Crippen molar-refractivity contribution in [2.24, 2.45) is 4.99 Å². The zero-order chi connectivity index (χ0) is 18.4. The Labute approximate surface area is 145 Å². The Morgan fingerprint density at radius 3 is 2.60 bits per heavy atom. The van der Waals surface area contributed by atoms with Crippen molar-refractivity contribution in [3.63, 3.8) is 0 Å². The van der Waals surface area contributed by atoms with Gasteiger partial charge in [-0.05, 0) is 38.8 Å². The van der Waals surface area contributed by atoms with Gasteiger partial charge in [0.05, 0.1) is 31.9 Å². The average Bonchev–Trinajstić information content (AvgIpc) is 3.40. The van der Waals surface area contributed by atoms with E-state index in [1.54, 1.807) is 13.8 Å². The fourth-order valence-electron chi connectivity index (χ4n) is 2.17. The third-order valence-corrected chi connectivity index (χ3v) is 3.52. The van der Waals surface area contributed by atoms with Crippen molar-refractivity contribution in [2.45, 2.75) is 32.7 Å². The van der Waals surface area contributed by atoms with E-state index < -0.39 is 17.5 Å². The first-order valence-corrected chi connectivity index (χ1v) is 8.16. The van der Waals surface area contributed by atoms with Gasteiger partial charge in [0.15, 0.2) is 17.3 Å². The summed E-state index contributed by atoms with van der Waals surface area (Å²) in [6.07, 6.45) is 3.19. The molecule has 0 aromatic heterocycles. The molecule has 0 amide bonds. The van der Waals surface area contributed by atoms with Crippen molar-refractivity contribution in [3.8, 4) is 11.5 Å². The van der Waals surface area contributed by atoms with Gasteiger partial charge in [-0.1, -0.05) is 0 Å². The Kier molecular flexibility index (Phi) is 6.38. The fourth-order valence-corrected chi connectivity index (χ4v) is 2.17. The summed E-state index contributed by atoms with van der Waals surface area (Å²) >= 11 is 0. The van der Waals surface area contributed by atoms with E-state index in [-0.39, 0.29) is 41.9 Å². The van der Waals surface area contributed by atoms with E-state index in [2.05, 4.69) is 4.99 Å². The first kappa shape index (κ1) is 18.8. The molecule has 0 unspecified atom stereocenters. The second-order valence-electron chi connectivity index (χ2n) is 5.38. The van der Waals surface area contributed by atoms with E-state index in [1.807, 2.05) is 0 Å². The number of ether oxygens (including phenoxy) is 3. The van der Waals surface area contributed by atoms with Crippen LogP contribution in [0.25, 0.3) is 5.76 Å². The average molecular weight is 351 g/mol. The molecular formula is C18H22FNO5. The van der Waals surface area contributed by atoms with Crippen molar-refractivity contribution in [1.82, 2.24) is 0 Å². The summed E-state index contributed by atoms with van der Waals surface area (Å²) in [5.41, 5.74) is 0.0220. The summed E-state index contributed by atoms with van der Waals surface area (Å²) in [4.78, 5) is 16.4. The van der Waals surface area contributed by atoms with Gasteiger partial charge in [0, 0.05) is 6.21 Å². The third-order valence-electron chi connectivity index (χ3n) is 3.52. The van der Waals surface area contributed by atoms with Crippen molar-refractivity contribution in [2.75, 3.05) is 20.3 Å². The van der Waals surface area contributed by atoms with Gasteiger partial charge in [-0.3, -0.25) is 4.99 Å². The zero-order valence-corrected chi connectivity index (χ0v) is 14.5. The lowest BCUT2D eigenvalue weighted by Crippen LogP contribution is -2.12. The van der Waals surface area contributed by atoms with Crippen molar-refractivity contribution < 1.29 is 28.5 Å². The van der Waals surface area contributed by atoms with E-state index in [0.29, 0.717) is 0 Å². The lowest BCUT2D eigenvalue weighted by atomic mass is 10.1.